The predicted molar refractivity (Wildman–Crippen MR) is 179 cm³/mol. The number of ether oxygens (including phenoxy) is 4. The van der Waals surface area contributed by atoms with Crippen molar-refractivity contribution >= 4 is 29.3 Å². The van der Waals surface area contributed by atoms with E-state index in [9.17, 15) is 9.59 Å². The van der Waals surface area contributed by atoms with Crippen LogP contribution in [0.1, 0.15) is 91.5 Å². The minimum Gasteiger partial charge on any atom is -0.463 e. The Morgan fingerprint density at radius 3 is 2.51 bits per heavy atom. The van der Waals surface area contributed by atoms with Gasteiger partial charge in [-0.05, 0) is 117 Å². The second-order valence-electron chi connectivity index (χ2n) is 14.9. The third-order valence-electron chi connectivity index (χ3n) is 12.1. The summed E-state index contributed by atoms with van der Waals surface area (Å²) >= 11 is 6.03. The molecule has 4 aliphatic carbocycles. The van der Waals surface area contributed by atoms with Gasteiger partial charge in [0.1, 0.15) is 25.4 Å². The molecule has 0 bridgehead atoms. The molecule has 0 radical (unpaired) electrons. The van der Waals surface area contributed by atoms with Crippen molar-refractivity contribution in [3.63, 3.8) is 0 Å². The van der Waals surface area contributed by atoms with Gasteiger partial charge in [0.15, 0.2) is 6.29 Å². The summed E-state index contributed by atoms with van der Waals surface area (Å²) in [5.74, 6) is 1.70. The van der Waals surface area contributed by atoms with Crippen LogP contribution in [0.5, 0.6) is 0 Å². The van der Waals surface area contributed by atoms with Crippen LogP contribution in [0.25, 0.3) is 0 Å². The van der Waals surface area contributed by atoms with Crippen molar-refractivity contribution in [3.05, 3.63) is 58.7 Å². The zero-order valence-corrected chi connectivity index (χ0v) is 29.2. The maximum atomic E-state index is 11.6. The lowest BCUT2D eigenvalue weighted by Crippen LogP contribution is -2.51. The van der Waals surface area contributed by atoms with Gasteiger partial charge in [0.05, 0.1) is 11.8 Å². The Morgan fingerprint density at radius 1 is 0.979 bits per heavy atom. The van der Waals surface area contributed by atoms with Crippen molar-refractivity contribution in [1.82, 2.24) is 0 Å². The quantitative estimate of drug-likeness (QED) is 0.114. The fourth-order valence-corrected chi connectivity index (χ4v) is 9.94. The third kappa shape index (κ3) is 7.20. The molecule has 5 aliphatic rings. The number of hydrogen-bond acceptors (Lipinski definition) is 8. The van der Waals surface area contributed by atoms with Crippen molar-refractivity contribution < 1.29 is 33.4 Å². The predicted octanol–water partition coefficient (Wildman–Crippen LogP) is 7.97. The average molecular weight is 668 g/mol. The number of oxime groups is 1. The van der Waals surface area contributed by atoms with Crippen LogP contribution in [-0.4, -0.2) is 48.9 Å². The van der Waals surface area contributed by atoms with Gasteiger partial charge in [-0.15, -0.1) is 0 Å². The maximum absolute atomic E-state index is 11.6. The molecule has 3 saturated carbocycles. The summed E-state index contributed by atoms with van der Waals surface area (Å²) in [6.45, 7) is 10.3. The normalized spacial score (nSPS) is 38.0. The van der Waals surface area contributed by atoms with Crippen LogP contribution in [0.2, 0.25) is 5.02 Å². The number of allylic oxidation sites excluding steroid dienone is 1. The highest BCUT2D eigenvalue weighted by Gasteiger charge is 2.59. The Labute approximate surface area is 284 Å². The highest BCUT2D eigenvalue weighted by Crippen LogP contribution is 2.66. The van der Waals surface area contributed by atoms with Crippen LogP contribution in [0.15, 0.2) is 53.2 Å². The Bertz CT molecular complexity index is 1410. The SMILES string of the molecule is CC(=O)OC[C@H]1OC(O[C@H]2CC[C@@]3(C)C(=CCC4C3CC[C@@]3(C)C4CC[C@@H]3/C(C)=N/OCc3ccc(Cl)cc3)C2)C=C[C@@H]1OC(C)=O. The number of benzene rings is 1. The van der Waals surface area contributed by atoms with Crippen LogP contribution in [-0.2, 0) is 40.0 Å². The van der Waals surface area contributed by atoms with Crippen molar-refractivity contribution in [1.29, 1.82) is 0 Å². The lowest BCUT2D eigenvalue weighted by atomic mass is 9.47. The van der Waals surface area contributed by atoms with Gasteiger partial charge in [0.25, 0.3) is 0 Å². The van der Waals surface area contributed by atoms with Gasteiger partial charge in [-0.25, -0.2) is 0 Å². The molecule has 9 heteroatoms. The zero-order valence-electron chi connectivity index (χ0n) is 28.4. The van der Waals surface area contributed by atoms with E-state index in [1.165, 1.54) is 45.1 Å². The van der Waals surface area contributed by atoms with Gasteiger partial charge in [-0.2, -0.15) is 0 Å². The Kier molecular flexibility index (Phi) is 10.2. The fraction of sp³-hybridized carbons (Fsp3) is 0.658. The smallest absolute Gasteiger partial charge is 0.303 e. The van der Waals surface area contributed by atoms with E-state index in [4.69, 9.17) is 35.4 Å². The number of carbonyl (C=O) groups excluding carboxylic acids is 2. The zero-order chi connectivity index (χ0) is 33.3. The first-order valence-corrected chi connectivity index (χ1v) is 17.7. The topological polar surface area (TPSA) is 92.7 Å². The number of carbonyl (C=O) groups is 2. The van der Waals surface area contributed by atoms with E-state index in [2.05, 4.69) is 32.0 Å². The molecule has 1 aliphatic heterocycles. The summed E-state index contributed by atoms with van der Waals surface area (Å²) in [5, 5.41) is 5.36. The minimum absolute atomic E-state index is 0.00279. The van der Waals surface area contributed by atoms with Crippen molar-refractivity contribution in [2.24, 2.45) is 39.7 Å². The van der Waals surface area contributed by atoms with E-state index >= 15 is 0 Å². The molecule has 0 N–H and O–H groups in total. The first kappa shape index (κ1) is 34.2. The Morgan fingerprint density at radius 2 is 1.77 bits per heavy atom. The Balaban J connectivity index is 1.08. The monoisotopic (exact) mass is 667 g/mol. The number of esters is 2. The van der Waals surface area contributed by atoms with Crippen LogP contribution >= 0.6 is 11.6 Å². The Hall–Kier alpha value is -2.68. The molecule has 10 atom stereocenters. The number of nitrogens with zero attached hydrogens (tertiary/aromatic N) is 1. The number of fused-ring (bicyclic) bond motifs is 5. The van der Waals surface area contributed by atoms with E-state index in [0.717, 1.165) is 42.0 Å². The van der Waals surface area contributed by atoms with Crippen LogP contribution in [0.3, 0.4) is 0 Å². The number of rotatable bonds is 9. The van der Waals surface area contributed by atoms with Gasteiger partial charge in [0.2, 0.25) is 0 Å². The lowest BCUT2D eigenvalue weighted by Gasteiger charge is -2.58. The second-order valence-corrected chi connectivity index (χ2v) is 15.3. The molecule has 3 fully saturated rings. The standard InChI is InChI=1S/C38H50ClNO7/c1-23(40-44-21-26-6-9-28(39)10-7-26)31-12-13-32-30-11-8-27-20-29(16-18-37(27,4)33(30)17-19-38(31,32)5)46-36-15-14-34(45-25(3)42)35(47-36)22-43-24(2)41/h6-10,14-15,29-36H,11-13,16-22H2,1-5H3/b40-23+/t29-,30?,31+,32?,33?,34-,35+,36?,37-,38+/m0/s1. The molecule has 1 aromatic rings. The summed E-state index contributed by atoms with van der Waals surface area (Å²) in [6, 6.07) is 7.74. The van der Waals surface area contributed by atoms with Crippen molar-refractivity contribution in [2.75, 3.05) is 6.61 Å². The van der Waals surface area contributed by atoms with Crippen LogP contribution in [0.4, 0.5) is 0 Å². The molecule has 8 nitrogen and oxygen atoms in total. The van der Waals surface area contributed by atoms with E-state index in [1.54, 1.807) is 6.08 Å². The molecule has 4 unspecified atom stereocenters. The van der Waals surface area contributed by atoms with Gasteiger partial charge < -0.3 is 23.8 Å². The van der Waals surface area contributed by atoms with E-state index in [-0.39, 0.29) is 23.5 Å². The molecule has 6 rings (SSSR count). The van der Waals surface area contributed by atoms with Gasteiger partial charge in [-0.1, -0.05) is 54.4 Å². The molecular formula is C38H50ClNO7. The highest BCUT2D eigenvalue weighted by molar-refractivity contribution is 6.30. The molecule has 47 heavy (non-hydrogen) atoms. The molecular weight excluding hydrogens is 618 g/mol. The van der Waals surface area contributed by atoms with Crippen molar-refractivity contribution in [2.45, 2.75) is 117 Å². The molecule has 0 saturated heterocycles. The molecule has 0 aromatic heterocycles. The fourth-order valence-electron chi connectivity index (χ4n) is 9.81. The highest BCUT2D eigenvalue weighted by atomic mass is 35.5. The van der Waals surface area contributed by atoms with Crippen LogP contribution in [0, 0.1) is 34.5 Å². The number of halogens is 1. The summed E-state index contributed by atoms with van der Waals surface area (Å²) in [7, 11) is 0. The first-order chi connectivity index (χ1) is 22.5. The summed E-state index contributed by atoms with van der Waals surface area (Å²) in [4.78, 5) is 28.9. The largest absolute Gasteiger partial charge is 0.463 e. The number of hydrogen-bond donors (Lipinski definition) is 0. The van der Waals surface area contributed by atoms with E-state index in [0.29, 0.717) is 30.3 Å². The first-order valence-electron chi connectivity index (χ1n) is 17.4. The van der Waals surface area contributed by atoms with E-state index in [1.807, 2.05) is 30.3 Å². The molecule has 256 valence electrons. The lowest BCUT2D eigenvalue weighted by molar-refractivity contribution is -0.213. The van der Waals surface area contributed by atoms with Crippen LogP contribution < -0.4 is 0 Å². The summed E-state index contributed by atoms with van der Waals surface area (Å²) in [6.07, 6.45) is 13.4. The molecule has 1 heterocycles. The van der Waals surface area contributed by atoms with Gasteiger partial charge >= 0.3 is 11.9 Å². The summed E-state index contributed by atoms with van der Waals surface area (Å²) < 4.78 is 23.2. The second kappa shape index (κ2) is 14.0. The average Bonchev–Trinajstić information content (AvgIpc) is 3.39. The van der Waals surface area contributed by atoms with Gasteiger partial charge in [-0.3, -0.25) is 9.59 Å². The molecule has 0 spiro atoms. The minimum atomic E-state index is -0.622. The van der Waals surface area contributed by atoms with Gasteiger partial charge in [0, 0.05) is 24.8 Å². The molecule has 0 amide bonds. The van der Waals surface area contributed by atoms with Crippen molar-refractivity contribution in [3.8, 4) is 0 Å². The van der Waals surface area contributed by atoms with E-state index < -0.39 is 30.4 Å². The third-order valence-corrected chi connectivity index (χ3v) is 12.4. The molecule has 1 aromatic carbocycles. The maximum Gasteiger partial charge on any atom is 0.303 e. The summed E-state index contributed by atoms with van der Waals surface area (Å²) in [5.41, 5.74) is 4.17.